The first-order valence-electron chi connectivity index (χ1n) is 9.93. The summed E-state index contributed by atoms with van der Waals surface area (Å²) in [6.07, 6.45) is 0.272. The summed E-state index contributed by atoms with van der Waals surface area (Å²) in [5.41, 5.74) is 0.944. The predicted molar refractivity (Wildman–Crippen MR) is 128 cm³/mol. The summed E-state index contributed by atoms with van der Waals surface area (Å²) in [5.74, 6) is 0.268. The molecule has 2 aromatic carbocycles. The van der Waals surface area contributed by atoms with Crippen LogP contribution in [0.15, 0.2) is 84.4 Å². The number of sulfonamides is 1. The van der Waals surface area contributed by atoms with Gasteiger partial charge in [-0.15, -0.1) is 0 Å². The lowest BCUT2D eigenvalue weighted by Crippen LogP contribution is -2.40. The lowest BCUT2D eigenvalue weighted by Gasteiger charge is -2.26. The monoisotopic (exact) mass is 555 g/mol. The average Bonchev–Trinajstić information content (AvgIpc) is 3.33. The second-order valence-corrected chi connectivity index (χ2v) is 13.8. The van der Waals surface area contributed by atoms with E-state index in [1.807, 2.05) is 31.2 Å². The molecule has 1 unspecified atom stereocenters. The molecule has 10 heteroatoms. The van der Waals surface area contributed by atoms with Crippen LogP contribution >= 0.6 is 27.7 Å². The van der Waals surface area contributed by atoms with E-state index in [0.717, 1.165) is 14.9 Å². The van der Waals surface area contributed by atoms with Gasteiger partial charge in [-0.25, -0.2) is 16.8 Å². The summed E-state index contributed by atoms with van der Waals surface area (Å²) in [6.45, 7) is 1.85. The highest BCUT2D eigenvalue weighted by Crippen LogP contribution is 2.32. The number of nitrogens with zero attached hydrogens (tertiary/aromatic N) is 1. The molecule has 1 aliphatic rings. The van der Waals surface area contributed by atoms with E-state index in [9.17, 15) is 16.8 Å². The zero-order valence-electron chi connectivity index (χ0n) is 17.3. The summed E-state index contributed by atoms with van der Waals surface area (Å²) in [7, 11) is -7.17. The molecule has 4 rings (SSSR count). The number of hydrogen-bond donors (Lipinski definition) is 0. The van der Waals surface area contributed by atoms with E-state index in [1.165, 1.54) is 16.1 Å². The molecule has 0 radical (unpaired) electrons. The molecule has 0 spiro atoms. The molecule has 1 aromatic heterocycles. The average molecular weight is 557 g/mol. The van der Waals surface area contributed by atoms with Crippen molar-refractivity contribution >= 4 is 47.6 Å². The van der Waals surface area contributed by atoms with Gasteiger partial charge in [0.25, 0.3) is 0 Å². The molecule has 3 aromatic rings. The van der Waals surface area contributed by atoms with Crippen LogP contribution in [0.5, 0.6) is 0 Å². The molecule has 0 N–H and O–H groups in total. The van der Waals surface area contributed by atoms with E-state index in [4.69, 9.17) is 4.42 Å². The summed E-state index contributed by atoms with van der Waals surface area (Å²) < 4.78 is 59.2. The third kappa shape index (κ3) is 5.48. The van der Waals surface area contributed by atoms with Crippen molar-refractivity contribution < 1.29 is 21.3 Å². The number of sulfone groups is 1. The van der Waals surface area contributed by atoms with Gasteiger partial charge in [-0.05, 0) is 61.9 Å². The maximum atomic E-state index is 13.5. The zero-order valence-corrected chi connectivity index (χ0v) is 21.3. The molecule has 170 valence electrons. The van der Waals surface area contributed by atoms with Crippen LogP contribution < -0.4 is 0 Å². The minimum absolute atomic E-state index is 0.0135. The van der Waals surface area contributed by atoms with Gasteiger partial charge in [0.05, 0.1) is 22.9 Å². The molecule has 0 amide bonds. The first-order valence-corrected chi connectivity index (χ1v) is 14.8. The number of hydrogen-bond acceptors (Lipinski definition) is 6. The predicted octanol–water partition coefficient (Wildman–Crippen LogP) is 4.88. The summed E-state index contributed by atoms with van der Waals surface area (Å²) in [4.78, 5) is 1.13. The quantitative estimate of drug-likeness (QED) is 0.413. The number of furan rings is 1. The smallest absolute Gasteiger partial charge is 0.243 e. The maximum Gasteiger partial charge on any atom is 0.243 e. The van der Waals surface area contributed by atoms with E-state index in [2.05, 4.69) is 15.9 Å². The Hall–Kier alpha value is -1.59. The van der Waals surface area contributed by atoms with Gasteiger partial charge >= 0.3 is 0 Å². The van der Waals surface area contributed by atoms with Gasteiger partial charge in [0.2, 0.25) is 10.0 Å². The van der Waals surface area contributed by atoms with Crippen LogP contribution in [0.1, 0.15) is 17.7 Å². The standard InChI is InChI=1S/C22H22BrNO5S3/c1-16-2-9-21(10-3-16)32(27,28)24(18-12-13-31(25,26)15-18)14-19-6-11-22(29-19)30-20-7-4-17(23)5-8-20/h2-11,18H,12-15H2,1H3. The fourth-order valence-electron chi connectivity index (χ4n) is 3.53. The van der Waals surface area contributed by atoms with Crippen LogP contribution in [0.4, 0.5) is 0 Å². The van der Waals surface area contributed by atoms with Gasteiger partial charge in [0, 0.05) is 15.4 Å². The number of aryl methyl sites for hydroxylation is 1. The minimum atomic E-state index is -3.91. The SMILES string of the molecule is Cc1ccc(S(=O)(=O)N(Cc2ccc(Sc3ccc(Br)cc3)o2)C2CCS(=O)(=O)C2)cc1. The molecule has 0 bridgehead atoms. The Morgan fingerprint density at radius 3 is 2.38 bits per heavy atom. The van der Waals surface area contributed by atoms with Crippen molar-refractivity contribution in [2.45, 2.75) is 40.8 Å². The fourth-order valence-corrected chi connectivity index (χ4v) is 8.03. The second-order valence-electron chi connectivity index (χ2n) is 7.70. The molecular formula is C22H22BrNO5S3. The van der Waals surface area contributed by atoms with Crippen LogP contribution in [-0.2, 0) is 26.4 Å². The van der Waals surface area contributed by atoms with Crippen molar-refractivity contribution in [3.05, 3.63) is 76.5 Å². The highest BCUT2D eigenvalue weighted by molar-refractivity contribution is 9.10. The van der Waals surface area contributed by atoms with Crippen LogP contribution in [0.2, 0.25) is 0 Å². The summed E-state index contributed by atoms with van der Waals surface area (Å²) in [6, 6.07) is 17.3. The normalized spacial score (nSPS) is 18.3. The lowest BCUT2D eigenvalue weighted by molar-refractivity contribution is 0.296. The van der Waals surface area contributed by atoms with Gasteiger partial charge < -0.3 is 4.42 Å². The zero-order chi connectivity index (χ0) is 22.9. The van der Waals surface area contributed by atoms with E-state index >= 15 is 0 Å². The maximum absolute atomic E-state index is 13.5. The van der Waals surface area contributed by atoms with E-state index < -0.39 is 25.9 Å². The topological polar surface area (TPSA) is 84.7 Å². The minimum Gasteiger partial charge on any atom is -0.453 e. The van der Waals surface area contributed by atoms with Gasteiger partial charge in [0.1, 0.15) is 5.76 Å². The molecule has 0 saturated carbocycles. The Kier molecular flexibility index (Phi) is 6.88. The van der Waals surface area contributed by atoms with Crippen LogP contribution in [0.3, 0.4) is 0 Å². The summed E-state index contributed by atoms with van der Waals surface area (Å²) >= 11 is 4.84. The van der Waals surface area contributed by atoms with Crippen molar-refractivity contribution in [3.8, 4) is 0 Å². The van der Waals surface area contributed by atoms with E-state index in [0.29, 0.717) is 10.9 Å². The fraction of sp³-hybridized carbons (Fsp3) is 0.273. The Morgan fingerprint density at radius 2 is 1.75 bits per heavy atom. The molecule has 6 nitrogen and oxygen atoms in total. The number of halogens is 1. The molecule has 1 fully saturated rings. The van der Waals surface area contributed by atoms with Gasteiger partial charge in [-0.3, -0.25) is 0 Å². The van der Waals surface area contributed by atoms with Crippen molar-refractivity contribution in [1.82, 2.24) is 4.31 Å². The Morgan fingerprint density at radius 1 is 1.06 bits per heavy atom. The van der Waals surface area contributed by atoms with Gasteiger partial charge in [0.15, 0.2) is 14.9 Å². The second kappa shape index (κ2) is 9.34. The van der Waals surface area contributed by atoms with E-state index in [-0.39, 0.29) is 29.4 Å². The molecular weight excluding hydrogens is 534 g/mol. The van der Waals surface area contributed by atoms with Crippen LogP contribution in [-0.4, -0.2) is 38.7 Å². The van der Waals surface area contributed by atoms with Crippen LogP contribution in [0, 0.1) is 6.92 Å². The molecule has 2 heterocycles. The Balaban J connectivity index is 1.60. The van der Waals surface area contributed by atoms with Crippen molar-refractivity contribution in [3.63, 3.8) is 0 Å². The summed E-state index contributed by atoms with van der Waals surface area (Å²) in [5, 5.41) is 0.633. The van der Waals surface area contributed by atoms with Crippen molar-refractivity contribution in [1.29, 1.82) is 0 Å². The Bertz CT molecular complexity index is 1300. The molecule has 0 aliphatic carbocycles. The highest BCUT2D eigenvalue weighted by atomic mass is 79.9. The van der Waals surface area contributed by atoms with Crippen LogP contribution in [0.25, 0.3) is 0 Å². The van der Waals surface area contributed by atoms with E-state index in [1.54, 1.807) is 36.4 Å². The third-order valence-electron chi connectivity index (χ3n) is 5.22. The first-order chi connectivity index (χ1) is 15.1. The molecule has 32 heavy (non-hydrogen) atoms. The molecule has 1 aliphatic heterocycles. The third-order valence-corrected chi connectivity index (χ3v) is 10.3. The number of rotatable bonds is 7. The molecule has 1 atom stereocenters. The Labute approximate surface area is 201 Å². The van der Waals surface area contributed by atoms with Crippen molar-refractivity contribution in [2.75, 3.05) is 11.5 Å². The lowest BCUT2D eigenvalue weighted by atomic mass is 10.2. The first kappa shape index (κ1) is 23.6. The van der Waals surface area contributed by atoms with Gasteiger partial charge in [-0.2, -0.15) is 4.31 Å². The van der Waals surface area contributed by atoms with Gasteiger partial charge in [-0.1, -0.05) is 45.4 Å². The molecule has 1 saturated heterocycles. The number of benzene rings is 2. The highest BCUT2D eigenvalue weighted by Gasteiger charge is 2.39. The van der Waals surface area contributed by atoms with Crippen molar-refractivity contribution in [2.24, 2.45) is 0 Å². The largest absolute Gasteiger partial charge is 0.453 e.